The van der Waals surface area contributed by atoms with Gasteiger partial charge in [-0.2, -0.15) is 0 Å². The predicted molar refractivity (Wildman–Crippen MR) is 38.3 cm³/mol. The van der Waals surface area contributed by atoms with Crippen LogP contribution >= 0.6 is 0 Å². The van der Waals surface area contributed by atoms with Crippen LogP contribution in [0, 0.1) is 12.7 Å². The number of pyridine rings is 1. The maximum absolute atomic E-state index is 12.7. The van der Waals surface area contributed by atoms with Crippen molar-refractivity contribution in [2.75, 3.05) is 5.73 Å². The third-order valence-electron chi connectivity index (χ3n) is 1.41. The van der Waals surface area contributed by atoms with E-state index >= 15 is 0 Å². The maximum atomic E-state index is 12.7. The van der Waals surface area contributed by atoms with Crippen molar-refractivity contribution in [2.45, 2.75) is 13.3 Å². The van der Waals surface area contributed by atoms with E-state index in [1.807, 2.05) is 0 Å². The lowest BCUT2D eigenvalue weighted by atomic mass is 10.2. The molecule has 5 heteroatoms. The van der Waals surface area contributed by atoms with Crippen LogP contribution in [0.4, 0.5) is 19.0 Å². The van der Waals surface area contributed by atoms with Crippen molar-refractivity contribution in [3.63, 3.8) is 0 Å². The van der Waals surface area contributed by atoms with E-state index in [1.54, 1.807) is 0 Å². The second-order valence-corrected chi connectivity index (χ2v) is 2.36. The second-order valence-electron chi connectivity index (χ2n) is 2.36. The molecule has 0 bridgehead atoms. The molecule has 0 saturated heterocycles. The average Bonchev–Trinajstić information content (AvgIpc) is 1.99. The first kappa shape index (κ1) is 8.83. The van der Waals surface area contributed by atoms with Crippen molar-refractivity contribution in [3.8, 4) is 0 Å². The van der Waals surface area contributed by atoms with Crippen LogP contribution in [0.1, 0.15) is 17.7 Å². The fourth-order valence-electron chi connectivity index (χ4n) is 0.819. The number of hydrogen-bond donors (Lipinski definition) is 1. The first-order valence-corrected chi connectivity index (χ1v) is 3.23. The van der Waals surface area contributed by atoms with E-state index in [1.165, 1.54) is 6.92 Å². The van der Waals surface area contributed by atoms with Crippen LogP contribution < -0.4 is 5.73 Å². The number of aromatic nitrogens is 1. The lowest BCUT2D eigenvalue weighted by Crippen LogP contribution is -2.01. The summed E-state index contributed by atoms with van der Waals surface area (Å²) in [5.74, 6) is -1.22. The SMILES string of the molecule is Cc1cc(C(F)F)nc(N)c1F. The van der Waals surface area contributed by atoms with Gasteiger partial charge in [0.15, 0.2) is 11.6 Å². The third-order valence-corrected chi connectivity index (χ3v) is 1.41. The van der Waals surface area contributed by atoms with Gasteiger partial charge in [0.05, 0.1) is 0 Å². The number of alkyl halides is 2. The van der Waals surface area contributed by atoms with Crippen molar-refractivity contribution in [2.24, 2.45) is 0 Å². The molecule has 0 aliphatic carbocycles. The third kappa shape index (κ3) is 1.49. The molecule has 0 amide bonds. The number of aryl methyl sites for hydroxylation is 1. The van der Waals surface area contributed by atoms with Gasteiger partial charge in [0.1, 0.15) is 5.69 Å². The number of rotatable bonds is 1. The van der Waals surface area contributed by atoms with Crippen LogP contribution in [-0.4, -0.2) is 4.98 Å². The molecule has 2 nitrogen and oxygen atoms in total. The molecule has 0 aliphatic heterocycles. The first-order valence-electron chi connectivity index (χ1n) is 3.23. The van der Waals surface area contributed by atoms with E-state index in [0.717, 1.165) is 6.07 Å². The molecular formula is C7H7F3N2. The standard InChI is InChI=1S/C7H7F3N2/c1-3-2-4(6(9)10)12-7(11)5(3)8/h2,6H,1H3,(H2,11,12). The first-order chi connectivity index (χ1) is 5.52. The molecular weight excluding hydrogens is 169 g/mol. The van der Waals surface area contributed by atoms with E-state index in [9.17, 15) is 13.2 Å². The highest BCUT2D eigenvalue weighted by Gasteiger charge is 2.13. The molecule has 12 heavy (non-hydrogen) atoms. The normalized spacial score (nSPS) is 10.8. The van der Waals surface area contributed by atoms with Crippen molar-refractivity contribution < 1.29 is 13.2 Å². The van der Waals surface area contributed by atoms with Crippen LogP contribution in [0.5, 0.6) is 0 Å². The second kappa shape index (κ2) is 3.00. The Morgan fingerprint density at radius 2 is 2.08 bits per heavy atom. The van der Waals surface area contributed by atoms with Gasteiger partial charge in [-0.3, -0.25) is 0 Å². The summed E-state index contributed by atoms with van der Waals surface area (Å²) in [7, 11) is 0. The van der Waals surface area contributed by atoms with Gasteiger partial charge < -0.3 is 5.73 Å². The molecule has 0 atom stereocenters. The van der Waals surface area contributed by atoms with Gasteiger partial charge in [0, 0.05) is 0 Å². The van der Waals surface area contributed by atoms with Crippen LogP contribution in [0.15, 0.2) is 6.07 Å². The van der Waals surface area contributed by atoms with Gasteiger partial charge in [-0.1, -0.05) is 0 Å². The van der Waals surface area contributed by atoms with Gasteiger partial charge in [0.2, 0.25) is 0 Å². The van der Waals surface area contributed by atoms with Crippen LogP contribution in [0.2, 0.25) is 0 Å². The lowest BCUT2D eigenvalue weighted by Gasteiger charge is -2.03. The fourth-order valence-corrected chi connectivity index (χ4v) is 0.819. The number of nitrogens with two attached hydrogens (primary N) is 1. The summed E-state index contributed by atoms with van der Waals surface area (Å²) in [5, 5.41) is 0. The molecule has 0 spiro atoms. The minimum atomic E-state index is -2.72. The molecule has 66 valence electrons. The molecule has 1 aromatic heterocycles. The van der Waals surface area contributed by atoms with Gasteiger partial charge >= 0.3 is 0 Å². The van der Waals surface area contributed by atoms with Crippen molar-refractivity contribution in [1.29, 1.82) is 0 Å². The number of nitrogens with zero attached hydrogens (tertiary/aromatic N) is 1. The van der Waals surface area contributed by atoms with Crippen LogP contribution in [0.25, 0.3) is 0 Å². The maximum Gasteiger partial charge on any atom is 0.280 e. The fraction of sp³-hybridized carbons (Fsp3) is 0.286. The molecule has 0 aromatic carbocycles. The Balaban J connectivity index is 3.21. The molecule has 0 radical (unpaired) electrons. The van der Waals surface area contributed by atoms with Crippen molar-refractivity contribution in [3.05, 3.63) is 23.1 Å². The number of hydrogen-bond acceptors (Lipinski definition) is 2. The van der Waals surface area contributed by atoms with Crippen molar-refractivity contribution >= 4 is 5.82 Å². The summed E-state index contributed by atoms with van der Waals surface area (Å²) < 4.78 is 36.8. The van der Waals surface area contributed by atoms with Crippen molar-refractivity contribution in [1.82, 2.24) is 4.98 Å². The van der Waals surface area contributed by atoms with E-state index < -0.39 is 23.8 Å². The van der Waals surface area contributed by atoms with E-state index in [2.05, 4.69) is 4.98 Å². The molecule has 0 aliphatic rings. The van der Waals surface area contributed by atoms with Gasteiger partial charge in [-0.15, -0.1) is 0 Å². The Kier molecular flexibility index (Phi) is 2.21. The van der Waals surface area contributed by atoms with E-state index in [4.69, 9.17) is 5.73 Å². The predicted octanol–water partition coefficient (Wildman–Crippen LogP) is 2.05. The largest absolute Gasteiger partial charge is 0.381 e. The highest BCUT2D eigenvalue weighted by molar-refractivity contribution is 5.36. The molecule has 0 unspecified atom stereocenters. The van der Waals surface area contributed by atoms with Crippen LogP contribution in [-0.2, 0) is 0 Å². The highest BCUT2D eigenvalue weighted by atomic mass is 19.3. The van der Waals surface area contributed by atoms with E-state index in [-0.39, 0.29) is 5.56 Å². The zero-order chi connectivity index (χ0) is 9.30. The Bertz CT molecular complexity index is 276. The minimum absolute atomic E-state index is 0.0813. The smallest absolute Gasteiger partial charge is 0.280 e. The Morgan fingerprint density at radius 1 is 1.50 bits per heavy atom. The highest BCUT2D eigenvalue weighted by Crippen LogP contribution is 2.21. The Morgan fingerprint density at radius 3 is 2.50 bits per heavy atom. The quantitative estimate of drug-likeness (QED) is 0.711. The number of anilines is 1. The molecule has 0 saturated carbocycles. The molecule has 1 aromatic rings. The number of halogens is 3. The number of nitrogen functional groups attached to an aromatic ring is 1. The summed E-state index contributed by atoms with van der Waals surface area (Å²) in [6, 6.07) is 0.982. The van der Waals surface area contributed by atoms with Gasteiger partial charge in [-0.05, 0) is 18.6 Å². The summed E-state index contributed by atoms with van der Waals surface area (Å²) in [6.07, 6.45) is -2.72. The topological polar surface area (TPSA) is 38.9 Å². The van der Waals surface area contributed by atoms with E-state index in [0.29, 0.717) is 0 Å². The summed E-state index contributed by atoms with van der Waals surface area (Å²) in [6.45, 7) is 1.36. The van der Waals surface area contributed by atoms with Gasteiger partial charge in [-0.25, -0.2) is 18.2 Å². The summed E-state index contributed by atoms with van der Waals surface area (Å²) >= 11 is 0. The molecule has 1 heterocycles. The molecule has 0 fully saturated rings. The van der Waals surface area contributed by atoms with Gasteiger partial charge in [0.25, 0.3) is 6.43 Å². The Labute approximate surface area is 67.2 Å². The van der Waals surface area contributed by atoms with Crippen LogP contribution in [0.3, 0.4) is 0 Å². The molecule has 2 N–H and O–H groups in total. The summed E-state index contributed by atoms with van der Waals surface area (Å²) in [4.78, 5) is 3.19. The zero-order valence-corrected chi connectivity index (χ0v) is 6.31. The zero-order valence-electron chi connectivity index (χ0n) is 6.31. The molecule has 1 rings (SSSR count). The Hall–Kier alpha value is -1.26. The summed E-state index contributed by atoms with van der Waals surface area (Å²) in [5.41, 5.74) is 4.63. The monoisotopic (exact) mass is 176 g/mol. The average molecular weight is 176 g/mol. The minimum Gasteiger partial charge on any atom is -0.381 e. The lowest BCUT2D eigenvalue weighted by molar-refractivity contribution is 0.146.